The van der Waals surface area contributed by atoms with E-state index in [1.807, 2.05) is 42.5 Å². The van der Waals surface area contributed by atoms with Gasteiger partial charge in [0, 0.05) is 34.2 Å². The predicted molar refractivity (Wildman–Crippen MR) is 117 cm³/mol. The Bertz CT molecular complexity index is 1000. The first-order valence-corrected chi connectivity index (χ1v) is 10.3. The molecule has 4 rings (SSSR count). The van der Waals surface area contributed by atoms with Gasteiger partial charge in [-0.3, -0.25) is 9.69 Å². The highest BCUT2D eigenvalue weighted by Gasteiger charge is 2.26. The molecule has 1 amide bonds. The van der Waals surface area contributed by atoms with E-state index < -0.39 is 0 Å². The van der Waals surface area contributed by atoms with Gasteiger partial charge in [-0.25, -0.2) is 0 Å². The minimum absolute atomic E-state index is 0.0289. The summed E-state index contributed by atoms with van der Waals surface area (Å²) in [5, 5.41) is 6.66. The van der Waals surface area contributed by atoms with Gasteiger partial charge in [0.15, 0.2) is 0 Å². The molecule has 144 valence electrons. The van der Waals surface area contributed by atoms with Crippen molar-refractivity contribution in [1.29, 1.82) is 0 Å². The number of hydrogen-bond donors (Lipinski definition) is 1. The van der Waals surface area contributed by atoms with Crippen molar-refractivity contribution in [3.63, 3.8) is 0 Å². The number of hydrogen-bond acceptors (Lipinski definition) is 2. The van der Waals surface area contributed by atoms with Crippen LogP contribution in [0.4, 0.5) is 5.69 Å². The van der Waals surface area contributed by atoms with E-state index in [-0.39, 0.29) is 11.8 Å². The smallest absolute Gasteiger partial charge is 0.228 e. The van der Waals surface area contributed by atoms with Crippen LogP contribution < -0.4 is 5.32 Å². The zero-order chi connectivity index (χ0) is 19.5. The van der Waals surface area contributed by atoms with E-state index in [2.05, 4.69) is 22.3 Å². The highest BCUT2D eigenvalue weighted by Crippen LogP contribution is 2.27. The van der Waals surface area contributed by atoms with Crippen LogP contribution in [0.2, 0.25) is 10.0 Å². The molecule has 5 heteroatoms. The van der Waals surface area contributed by atoms with Crippen molar-refractivity contribution in [1.82, 2.24) is 4.90 Å². The van der Waals surface area contributed by atoms with Crippen molar-refractivity contribution in [2.75, 3.05) is 18.4 Å². The van der Waals surface area contributed by atoms with E-state index in [0.29, 0.717) is 10.0 Å². The summed E-state index contributed by atoms with van der Waals surface area (Å²) in [4.78, 5) is 15.2. The van der Waals surface area contributed by atoms with Crippen molar-refractivity contribution >= 4 is 45.6 Å². The molecule has 1 N–H and O–H groups in total. The number of nitrogens with one attached hydrogen (secondary N) is 1. The van der Waals surface area contributed by atoms with Crippen LogP contribution >= 0.6 is 23.2 Å². The molecular weight excluding hydrogens is 391 g/mol. The molecule has 28 heavy (non-hydrogen) atoms. The van der Waals surface area contributed by atoms with Crippen LogP contribution in [-0.2, 0) is 11.3 Å². The van der Waals surface area contributed by atoms with Gasteiger partial charge in [-0.2, -0.15) is 0 Å². The Morgan fingerprint density at radius 3 is 2.75 bits per heavy atom. The number of nitrogens with zero attached hydrogens (tertiary/aromatic N) is 1. The molecule has 1 aliphatic rings. The Hall–Kier alpha value is -2.07. The third-order valence-corrected chi connectivity index (χ3v) is 5.92. The fraction of sp³-hybridized carbons (Fsp3) is 0.261. The van der Waals surface area contributed by atoms with Gasteiger partial charge in [0.2, 0.25) is 5.91 Å². The number of amides is 1. The molecule has 0 aromatic heterocycles. The molecule has 0 spiro atoms. The van der Waals surface area contributed by atoms with Gasteiger partial charge in [-0.05, 0) is 48.5 Å². The molecule has 1 heterocycles. The lowest BCUT2D eigenvalue weighted by Crippen LogP contribution is -2.40. The maximum Gasteiger partial charge on any atom is 0.228 e. The molecular formula is C23H22Cl2N2O. The van der Waals surface area contributed by atoms with E-state index in [1.165, 1.54) is 0 Å². The van der Waals surface area contributed by atoms with E-state index in [1.54, 1.807) is 6.07 Å². The number of piperidine rings is 1. The molecule has 3 nitrogen and oxygen atoms in total. The second kappa shape index (κ2) is 8.52. The average Bonchev–Trinajstić information content (AvgIpc) is 2.71. The highest BCUT2D eigenvalue weighted by atomic mass is 35.5. The van der Waals surface area contributed by atoms with Gasteiger partial charge in [0.05, 0.1) is 5.92 Å². The Balaban J connectivity index is 1.44. The summed E-state index contributed by atoms with van der Waals surface area (Å²) in [5.41, 5.74) is 1.92. The van der Waals surface area contributed by atoms with Gasteiger partial charge < -0.3 is 5.32 Å². The highest BCUT2D eigenvalue weighted by molar-refractivity contribution is 6.35. The maximum atomic E-state index is 12.9. The van der Waals surface area contributed by atoms with Gasteiger partial charge in [0.25, 0.3) is 0 Å². The van der Waals surface area contributed by atoms with Crippen LogP contribution in [-0.4, -0.2) is 23.9 Å². The summed E-state index contributed by atoms with van der Waals surface area (Å²) in [6, 6.07) is 19.7. The van der Waals surface area contributed by atoms with Crippen molar-refractivity contribution in [3.05, 3.63) is 76.3 Å². The van der Waals surface area contributed by atoms with Crippen molar-refractivity contribution in [2.45, 2.75) is 19.4 Å². The van der Waals surface area contributed by atoms with Gasteiger partial charge in [-0.15, -0.1) is 0 Å². The zero-order valence-corrected chi connectivity index (χ0v) is 17.0. The van der Waals surface area contributed by atoms with Crippen molar-refractivity contribution in [2.24, 2.45) is 5.92 Å². The van der Waals surface area contributed by atoms with Crippen molar-refractivity contribution in [3.8, 4) is 0 Å². The van der Waals surface area contributed by atoms with Crippen LogP contribution in [0.15, 0.2) is 60.7 Å². The lowest BCUT2D eigenvalue weighted by molar-refractivity contribution is -0.121. The summed E-state index contributed by atoms with van der Waals surface area (Å²) in [5.74, 6) is 0.0575. The van der Waals surface area contributed by atoms with E-state index in [0.717, 1.165) is 54.5 Å². The fourth-order valence-corrected chi connectivity index (χ4v) is 4.34. The summed E-state index contributed by atoms with van der Waals surface area (Å²) in [7, 11) is 0. The molecule has 1 saturated heterocycles. The average molecular weight is 413 g/mol. The third kappa shape index (κ3) is 4.33. The first-order chi connectivity index (χ1) is 13.6. The van der Waals surface area contributed by atoms with E-state index in [9.17, 15) is 4.79 Å². The molecule has 3 aromatic rings. The molecule has 1 fully saturated rings. The van der Waals surface area contributed by atoms with E-state index in [4.69, 9.17) is 23.2 Å². The summed E-state index contributed by atoms with van der Waals surface area (Å²) in [6.07, 6.45) is 1.90. The van der Waals surface area contributed by atoms with Crippen molar-refractivity contribution < 1.29 is 4.79 Å². The Labute approximate surface area is 175 Å². The number of likely N-dealkylation sites (tertiary alicyclic amines) is 1. The molecule has 0 bridgehead atoms. The quantitative estimate of drug-likeness (QED) is 0.569. The molecule has 3 aromatic carbocycles. The lowest BCUT2D eigenvalue weighted by Gasteiger charge is -2.32. The Morgan fingerprint density at radius 2 is 1.89 bits per heavy atom. The molecule has 1 aliphatic heterocycles. The normalized spacial score (nSPS) is 17.6. The van der Waals surface area contributed by atoms with Crippen LogP contribution in [0, 0.1) is 5.92 Å². The summed E-state index contributed by atoms with van der Waals surface area (Å²) in [6.45, 7) is 2.43. The van der Waals surface area contributed by atoms with Crippen LogP contribution in [0.1, 0.15) is 18.4 Å². The molecule has 0 aliphatic carbocycles. The number of benzene rings is 3. The maximum absolute atomic E-state index is 12.9. The monoisotopic (exact) mass is 412 g/mol. The van der Waals surface area contributed by atoms with Crippen LogP contribution in [0.5, 0.6) is 0 Å². The first-order valence-electron chi connectivity index (χ1n) is 9.55. The van der Waals surface area contributed by atoms with E-state index >= 15 is 0 Å². The second-order valence-corrected chi connectivity index (χ2v) is 8.17. The van der Waals surface area contributed by atoms with Gasteiger partial charge in [-0.1, -0.05) is 65.7 Å². The Morgan fingerprint density at radius 1 is 1.07 bits per heavy atom. The second-order valence-electron chi connectivity index (χ2n) is 7.33. The number of anilines is 1. The third-order valence-electron chi connectivity index (χ3n) is 5.33. The van der Waals surface area contributed by atoms with Gasteiger partial charge in [0.1, 0.15) is 0 Å². The lowest BCUT2D eigenvalue weighted by atomic mass is 9.96. The van der Waals surface area contributed by atoms with Crippen LogP contribution in [0.3, 0.4) is 0 Å². The standard InChI is InChI=1S/C23H22Cl2N2O/c24-19-11-10-17(21(25)13-19)14-27-12-4-7-18(15-27)23(28)26-22-9-3-6-16-5-1-2-8-20(16)22/h1-3,5-6,8-11,13,18H,4,7,12,14-15H2,(H,26,28). The summed E-state index contributed by atoms with van der Waals surface area (Å²) < 4.78 is 0. The first kappa shape index (κ1) is 19.3. The van der Waals surface area contributed by atoms with Gasteiger partial charge >= 0.3 is 0 Å². The number of rotatable bonds is 4. The number of halogens is 2. The van der Waals surface area contributed by atoms with Crippen LogP contribution in [0.25, 0.3) is 10.8 Å². The Kier molecular flexibility index (Phi) is 5.86. The largest absolute Gasteiger partial charge is 0.325 e. The topological polar surface area (TPSA) is 32.3 Å². The molecule has 0 saturated carbocycles. The fourth-order valence-electron chi connectivity index (χ4n) is 3.87. The minimum atomic E-state index is -0.0289. The predicted octanol–water partition coefficient (Wildman–Crippen LogP) is 6.00. The molecule has 0 radical (unpaired) electrons. The zero-order valence-electron chi connectivity index (χ0n) is 15.5. The number of carbonyl (C=O) groups is 1. The number of fused-ring (bicyclic) bond motifs is 1. The molecule has 1 unspecified atom stereocenters. The number of carbonyl (C=O) groups excluding carboxylic acids is 1. The SMILES string of the molecule is O=C(Nc1cccc2ccccc12)C1CCCN(Cc2ccc(Cl)cc2Cl)C1. The minimum Gasteiger partial charge on any atom is -0.325 e. The summed E-state index contributed by atoms with van der Waals surface area (Å²) >= 11 is 12.3. The molecule has 1 atom stereocenters.